The van der Waals surface area contributed by atoms with E-state index in [2.05, 4.69) is 20.9 Å². The van der Waals surface area contributed by atoms with Crippen molar-refractivity contribution in [3.05, 3.63) is 118 Å². The maximum Gasteiger partial charge on any atom is 0.416 e. The van der Waals surface area contributed by atoms with Crippen molar-refractivity contribution in [3.63, 3.8) is 0 Å². The third-order valence-electron chi connectivity index (χ3n) is 6.41. The van der Waals surface area contributed by atoms with Crippen molar-refractivity contribution in [2.45, 2.75) is 38.5 Å². The fourth-order valence-corrected chi connectivity index (χ4v) is 4.72. The second kappa shape index (κ2) is 13.5. The Morgan fingerprint density at radius 2 is 1.75 bits per heavy atom. The Morgan fingerprint density at radius 3 is 2.45 bits per heavy atom. The smallest absolute Gasteiger partial charge is 0.345 e. The molecule has 5 nitrogen and oxygen atoms in total. The fourth-order valence-electron chi connectivity index (χ4n) is 4.32. The van der Waals surface area contributed by atoms with Crippen LogP contribution in [-0.2, 0) is 25.7 Å². The highest BCUT2D eigenvalue weighted by molar-refractivity contribution is 7.80. The van der Waals surface area contributed by atoms with Crippen LogP contribution in [0.15, 0.2) is 85.3 Å². The van der Waals surface area contributed by atoms with Gasteiger partial charge in [-0.1, -0.05) is 41.9 Å². The van der Waals surface area contributed by atoms with E-state index in [1.165, 1.54) is 12.1 Å². The highest BCUT2D eigenvalue weighted by atomic mass is 35.5. The molecule has 0 spiro atoms. The molecule has 0 unspecified atom stereocenters. The lowest BCUT2D eigenvalue weighted by Crippen LogP contribution is -2.35. The van der Waals surface area contributed by atoms with Crippen LogP contribution in [0.5, 0.6) is 0 Å². The summed E-state index contributed by atoms with van der Waals surface area (Å²) in [6, 6.07) is 22.1. The van der Waals surface area contributed by atoms with Gasteiger partial charge < -0.3 is 14.8 Å². The number of anilines is 1. The van der Waals surface area contributed by atoms with Crippen LogP contribution in [0.2, 0.25) is 5.02 Å². The van der Waals surface area contributed by atoms with E-state index in [4.69, 9.17) is 29.1 Å². The Labute approximate surface area is 241 Å². The summed E-state index contributed by atoms with van der Waals surface area (Å²) in [5, 5.41) is 13.0. The van der Waals surface area contributed by atoms with E-state index < -0.39 is 11.7 Å². The lowest BCUT2D eigenvalue weighted by atomic mass is 10.1. The molecule has 0 fully saturated rings. The number of hydrogen-bond acceptors (Lipinski definition) is 3. The summed E-state index contributed by atoms with van der Waals surface area (Å²) in [4.78, 5) is 6.06. The molecule has 0 saturated carbocycles. The van der Waals surface area contributed by atoms with Gasteiger partial charge in [0.25, 0.3) is 0 Å². The maximum absolute atomic E-state index is 13.7. The second-order valence-electron chi connectivity index (χ2n) is 9.29. The summed E-state index contributed by atoms with van der Waals surface area (Å²) in [5.74, 6) is 0. The largest absolute Gasteiger partial charge is 0.416 e. The highest BCUT2D eigenvalue weighted by Crippen LogP contribution is 2.32. The van der Waals surface area contributed by atoms with Gasteiger partial charge >= 0.3 is 6.18 Å². The number of nitriles is 1. The Kier molecular flexibility index (Phi) is 9.80. The molecule has 0 aliphatic heterocycles. The molecule has 0 aliphatic rings. The number of nitrogens with one attached hydrogen (secondary N) is 1. The number of hydrogen-bond donors (Lipinski definition) is 1. The fraction of sp³-hybridized carbons (Fsp3) is 0.233. The molecule has 0 atom stereocenters. The molecule has 1 heterocycles. The van der Waals surface area contributed by atoms with Crippen molar-refractivity contribution in [2.75, 3.05) is 11.9 Å². The minimum atomic E-state index is -4.46. The van der Waals surface area contributed by atoms with Crippen LogP contribution < -0.4 is 5.32 Å². The molecule has 1 aromatic heterocycles. The molecule has 4 rings (SSSR count). The molecule has 0 saturated heterocycles. The Hall–Kier alpha value is -3.87. The molecule has 1 N–H and O–H groups in total. The molecule has 0 bridgehead atoms. The molecule has 4 aromatic rings. The van der Waals surface area contributed by atoms with Crippen LogP contribution >= 0.6 is 23.8 Å². The SMILES string of the molecule is N#Cc1ccc(Cn2cncc2CCCCN(Cc2ccccc2C(F)(F)F)C(=S)Nc2ccc(Cl)cc2)cc1. The molecular weight excluding hydrogens is 555 g/mol. The number of imidazole rings is 1. The zero-order valence-electron chi connectivity index (χ0n) is 21.5. The summed E-state index contributed by atoms with van der Waals surface area (Å²) in [5.41, 5.74) is 2.93. The quantitative estimate of drug-likeness (QED) is 0.154. The normalized spacial score (nSPS) is 11.2. The van der Waals surface area contributed by atoms with Crippen LogP contribution in [-0.4, -0.2) is 26.1 Å². The number of aromatic nitrogens is 2. The molecule has 0 amide bonds. The first kappa shape index (κ1) is 29.1. The van der Waals surface area contributed by atoms with E-state index in [9.17, 15) is 13.2 Å². The van der Waals surface area contributed by atoms with Crippen molar-refractivity contribution in [1.82, 2.24) is 14.5 Å². The third-order valence-corrected chi connectivity index (χ3v) is 7.02. The first-order chi connectivity index (χ1) is 19.2. The molecular formula is C30H27ClF3N5S. The number of alkyl halides is 3. The number of benzene rings is 3. The zero-order chi connectivity index (χ0) is 28.5. The van der Waals surface area contributed by atoms with Crippen LogP contribution in [0, 0.1) is 11.3 Å². The molecule has 3 aromatic carbocycles. The van der Waals surface area contributed by atoms with Crippen LogP contribution in [0.3, 0.4) is 0 Å². The van der Waals surface area contributed by atoms with E-state index in [1.807, 2.05) is 18.3 Å². The molecule has 206 valence electrons. The van der Waals surface area contributed by atoms with E-state index in [-0.39, 0.29) is 12.1 Å². The standard InChI is InChI=1S/C30H27ClF3N5S/c31-25-12-14-26(15-13-25)37-29(40)38(20-24-5-1-2-7-28(24)30(32,33)34)16-4-3-6-27-18-36-21-39(27)19-23-10-8-22(17-35)9-11-23/h1-2,5,7-15,18,21H,3-4,6,16,19-20H2,(H,37,40). The number of rotatable bonds is 10. The summed E-state index contributed by atoms with van der Waals surface area (Å²) >= 11 is 11.6. The average molecular weight is 582 g/mol. The zero-order valence-corrected chi connectivity index (χ0v) is 23.1. The summed E-state index contributed by atoms with van der Waals surface area (Å²) in [6.45, 7) is 1.12. The first-order valence-electron chi connectivity index (χ1n) is 12.7. The van der Waals surface area contributed by atoms with Crippen molar-refractivity contribution >= 4 is 34.6 Å². The van der Waals surface area contributed by atoms with Crippen LogP contribution in [0.1, 0.15) is 40.8 Å². The van der Waals surface area contributed by atoms with E-state index in [0.717, 1.165) is 30.2 Å². The van der Waals surface area contributed by atoms with Gasteiger partial charge in [0.15, 0.2) is 5.11 Å². The van der Waals surface area contributed by atoms with Gasteiger partial charge in [-0.3, -0.25) is 0 Å². The monoisotopic (exact) mass is 581 g/mol. The highest BCUT2D eigenvalue weighted by Gasteiger charge is 2.33. The molecule has 40 heavy (non-hydrogen) atoms. The number of thiocarbonyl (C=S) groups is 1. The number of nitrogens with zero attached hydrogens (tertiary/aromatic N) is 4. The van der Waals surface area contributed by atoms with E-state index >= 15 is 0 Å². The van der Waals surface area contributed by atoms with Crippen LogP contribution in [0.4, 0.5) is 18.9 Å². The summed E-state index contributed by atoms with van der Waals surface area (Å²) in [7, 11) is 0. The average Bonchev–Trinajstić information content (AvgIpc) is 3.38. The maximum atomic E-state index is 13.7. The number of unbranched alkanes of at least 4 members (excludes halogenated alkanes) is 1. The predicted octanol–water partition coefficient (Wildman–Crippen LogP) is 7.70. The summed E-state index contributed by atoms with van der Waals surface area (Å²) < 4.78 is 43.1. The molecule has 0 aliphatic carbocycles. The summed E-state index contributed by atoms with van der Waals surface area (Å²) in [6.07, 6.45) is 1.40. The van der Waals surface area contributed by atoms with Gasteiger partial charge in [-0.05, 0) is 85.1 Å². The first-order valence-corrected chi connectivity index (χ1v) is 13.5. The van der Waals surface area contributed by atoms with E-state index in [1.54, 1.807) is 53.7 Å². The number of aryl methyl sites for hydroxylation is 1. The van der Waals surface area contributed by atoms with Gasteiger partial charge in [0.05, 0.1) is 23.5 Å². The third kappa shape index (κ3) is 8.07. The minimum absolute atomic E-state index is 0.0196. The van der Waals surface area contributed by atoms with Gasteiger partial charge in [-0.2, -0.15) is 18.4 Å². The Bertz CT molecular complexity index is 1460. The van der Waals surface area contributed by atoms with Gasteiger partial charge in [0.1, 0.15) is 0 Å². The Balaban J connectivity index is 1.41. The van der Waals surface area contributed by atoms with Gasteiger partial charge in [-0.15, -0.1) is 0 Å². The lowest BCUT2D eigenvalue weighted by Gasteiger charge is -2.27. The van der Waals surface area contributed by atoms with Gasteiger partial charge in [0.2, 0.25) is 0 Å². The topological polar surface area (TPSA) is 56.9 Å². The van der Waals surface area contributed by atoms with E-state index in [0.29, 0.717) is 40.9 Å². The van der Waals surface area contributed by atoms with Crippen LogP contribution in [0.25, 0.3) is 0 Å². The van der Waals surface area contributed by atoms with Crippen molar-refractivity contribution < 1.29 is 13.2 Å². The van der Waals surface area contributed by atoms with Crippen molar-refractivity contribution in [1.29, 1.82) is 5.26 Å². The number of halogens is 4. The van der Waals surface area contributed by atoms with Gasteiger partial charge in [-0.25, -0.2) is 4.98 Å². The van der Waals surface area contributed by atoms with Crippen molar-refractivity contribution in [2.24, 2.45) is 0 Å². The predicted molar refractivity (Wildman–Crippen MR) is 155 cm³/mol. The molecule has 10 heteroatoms. The lowest BCUT2D eigenvalue weighted by molar-refractivity contribution is -0.138. The van der Waals surface area contributed by atoms with Crippen molar-refractivity contribution in [3.8, 4) is 6.07 Å². The second-order valence-corrected chi connectivity index (χ2v) is 10.1. The Morgan fingerprint density at radius 1 is 1.02 bits per heavy atom. The molecule has 0 radical (unpaired) electrons. The van der Waals surface area contributed by atoms with Gasteiger partial charge in [0, 0.05) is 42.2 Å². The minimum Gasteiger partial charge on any atom is -0.345 e.